The summed E-state index contributed by atoms with van der Waals surface area (Å²) in [6.07, 6.45) is 2.83. The molecule has 0 aromatic carbocycles. The van der Waals surface area contributed by atoms with Gasteiger partial charge in [-0.25, -0.2) is 9.97 Å². The van der Waals surface area contributed by atoms with Crippen LogP contribution < -0.4 is 5.32 Å². The second kappa shape index (κ2) is 5.16. The van der Waals surface area contributed by atoms with Crippen molar-refractivity contribution < 1.29 is 0 Å². The standard InChI is InChI=1S/C13H19N5/c1-5-8-18-11(6-7-15-18)13-16-10(3)9(2)12(14-4)17-13/h6-7H,5,8H2,1-4H3,(H,14,16,17). The largest absolute Gasteiger partial charge is 0.373 e. The number of nitrogens with zero attached hydrogens (tertiary/aromatic N) is 4. The Morgan fingerprint density at radius 3 is 2.72 bits per heavy atom. The molecule has 18 heavy (non-hydrogen) atoms. The molecule has 2 aromatic heterocycles. The summed E-state index contributed by atoms with van der Waals surface area (Å²) >= 11 is 0. The van der Waals surface area contributed by atoms with Crippen molar-refractivity contribution in [1.82, 2.24) is 19.7 Å². The van der Waals surface area contributed by atoms with Gasteiger partial charge in [-0.05, 0) is 26.3 Å². The van der Waals surface area contributed by atoms with Crippen LogP contribution in [0.2, 0.25) is 0 Å². The van der Waals surface area contributed by atoms with E-state index in [1.165, 1.54) is 0 Å². The molecule has 2 aromatic rings. The summed E-state index contributed by atoms with van der Waals surface area (Å²) in [5.74, 6) is 1.61. The van der Waals surface area contributed by atoms with Crippen molar-refractivity contribution in [3.05, 3.63) is 23.5 Å². The van der Waals surface area contributed by atoms with Gasteiger partial charge in [-0.2, -0.15) is 5.10 Å². The molecule has 0 fully saturated rings. The summed E-state index contributed by atoms with van der Waals surface area (Å²) in [6, 6.07) is 1.96. The average molecular weight is 245 g/mol. The van der Waals surface area contributed by atoms with Crippen LogP contribution in [0.1, 0.15) is 24.6 Å². The molecule has 0 unspecified atom stereocenters. The zero-order valence-electron chi connectivity index (χ0n) is 11.4. The van der Waals surface area contributed by atoms with Crippen molar-refractivity contribution in [1.29, 1.82) is 0 Å². The van der Waals surface area contributed by atoms with Gasteiger partial charge < -0.3 is 5.32 Å². The van der Waals surface area contributed by atoms with Crippen molar-refractivity contribution in [2.75, 3.05) is 12.4 Å². The molecule has 5 heteroatoms. The molecule has 0 atom stereocenters. The molecule has 0 radical (unpaired) electrons. The first-order chi connectivity index (χ1) is 8.67. The van der Waals surface area contributed by atoms with Crippen molar-refractivity contribution >= 4 is 5.82 Å². The van der Waals surface area contributed by atoms with Gasteiger partial charge in [0.25, 0.3) is 0 Å². The monoisotopic (exact) mass is 245 g/mol. The van der Waals surface area contributed by atoms with Gasteiger partial charge in [0.15, 0.2) is 5.82 Å². The van der Waals surface area contributed by atoms with E-state index >= 15 is 0 Å². The quantitative estimate of drug-likeness (QED) is 0.898. The zero-order valence-corrected chi connectivity index (χ0v) is 11.4. The molecule has 96 valence electrons. The lowest BCUT2D eigenvalue weighted by Gasteiger charge is -2.10. The number of hydrogen-bond donors (Lipinski definition) is 1. The molecule has 5 nitrogen and oxygen atoms in total. The first-order valence-electron chi connectivity index (χ1n) is 6.22. The average Bonchev–Trinajstić information content (AvgIpc) is 2.81. The van der Waals surface area contributed by atoms with Gasteiger partial charge in [-0.3, -0.25) is 4.68 Å². The normalized spacial score (nSPS) is 10.7. The molecule has 0 amide bonds. The molecule has 1 N–H and O–H groups in total. The summed E-state index contributed by atoms with van der Waals surface area (Å²) in [4.78, 5) is 9.11. The van der Waals surface area contributed by atoms with Gasteiger partial charge in [-0.15, -0.1) is 0 Å². The number of hydrogen-bond acceptors (Lipinski definition) is 4. The highest BCUT2D eigenvalue weighted by molar-refractivity contribution is 5.56. The molecule has 2 heterocycles. The first-order valence-corrected chi connectivity index (χ1v) is 6.22. The predicted octanol–water partition coefficient (Wildman–Crippen LogP) is 2.41. The van der Waals surface area contributed by atoms with Crippen LogP contribution in [-0.4, -0.2) is 26.8 Å². The molecular formula is C13H19N5. The highest BCUT2D eigenvalue weighted by Gasteiger charge is 2.12. The number of rotatable bonds is 4. The van der Waals surface area contributed by atoms with Crippen LogP contribution in [0.15, 0.2) is 12.3 Å². The van der Waals surface area contributed by atoms with Gasteiger partial charge >= 0.3 is 0 Å². The SMILES string of the molecule is CCCn1nccc1-c1nc(C)c(C)c(NC)n1. The van der Waals surface area contributed by atoms with E-state index < -0.39 is 0 Å². The van der Waals surface area contributed by atoms with E-state index in [9.17, 15) is 0 Å². The van der Waals surface area contributed by atoms with Crippen molar-refractivity contribution in [3.8, 4) is 11.5 Å². The van der Waals surface area contributed by atoms with Crippen LogP contribution in [0.5, 0.6) is 0 Å². The van der Waals surface area contributed by atoms with E-state index in [1.807, 2.05) is 31.6 Å². The summed E-state index contributed by atoms with van der Waals surface area (Å²) < 4.78 is 1.95. The van der Waals surface area contributed by atoms with E-state index in [-0.39, 0.29) is 0 Å². The molecule has 0 aliphatic carbocycles. The van der Waals surface area contributed by atoms with Gasteiger partial charge in [0.2, 0.25) is 0 Å². The fourth-order valence-electron chi connectivity index (χ4n) is 1.90. The van der Waals surface area contributed by atoms with Crippen LogP contribution >= 0.6 is 0 Å². The van der Waals surface area contributed by atoms with E-state index in [0.717, 1.165) is 41.6 Å². The number of anilines is 1. The van der Waals surface area contributed by atoms with Crippen LogP contribution in [0, 0.1) is 13.8 Å². The third-order valence-electron chi connectivity index (χ3n) is 3.01. The minimum atomic E-state index is 0.730. The minimum absolute atomic E-state index is 0.730. The molecule has 0 saturated heterocycles. The minimum Gasteiger partial charge on any atom is -0.373 e. The van der Waals surface area contributed by atoms with Gasteiger partial charge in [-0.1, -0.05) is 6.92 Å². The van der Waals surface area contributed by atoms with Crippen LogP contribution in [0.3, 0.4) is 0 Å². The maximum Gasteiger partial charge on any atom is 0.180 e. The topological polar surface area (TPSA) is 55.6 Å². The van der Waals surface area contributed by atoms with Crippen molar-refractivity contribution in [2.45, 2.75) is 33.7 Å². The maximum absolute atomic E-state index is 4.55. The zero-order chi connectivity index (χ0) is 13.1. The molecule has 0 aliphatic rings. The maximum atomic E-state index is 4.55. The second-order valence-electron chi connectivity index (χ2n) is 4.30. The van der Waals surface area contributed by atoms with E-state index in [0.29, 0.717) is 0 Å². The third-order valence-corrected chi connectivity index (χ3v) is 3.01. The number of nitrogens with one attached hydrogen (secondary N) is 1. The lowest BCUT2D eigenvalue weighted by atomic mass is 10.2. The van der Waals surface area contributed by atoms with Crippen LogP contribution in [0.4, 0.5) is 5.82 Å². The first kappa shape index (κ1) is 12.5. The predicted molar refractivity (Wildman–Crippen MR) is 72.6 cm³/mol. The lowest BCUT2D eigenvalue weighted by Crippen LogP contribution is -2.07. The fourth-order valence-corrected chi connectivity index (χ4v) is 1.90. The summed E-state index contributed by atoms with van der Waals surface area (Å²) in [5.41, 5.74) is 3.05. The Hall–Kier alpha value is -1.91. The molecular weight excluding hydrogens is 226 g/mol. The fraction of sp³-hybridized carbons (Fsp3) is 0.462. The van der Waals surface area contributed by atoms with E-state index in [2.05, 4.69) is 27.3 Å². The Balaban J connectivity index is 2.50. The summed E-state index contributed by atoms with van der Waals surface area (Å²) in [5, 5.41) is 7.42. The van der Waals surface area contributed by atoms with Gasteiger partial charge in [0, 0.05) is 31.0 Å². The second-order valence-corrected chi connectivity index (χ2v) is 4.30. The van der Waals surface area contributed by atoms with E-state index in [4.69, 9.17) is 0 Å². The Morgan fingerprint density at radius 1 is 1.28 bits per heavy atom. The van der Waals surface area contributed by atoms with Gasteiger partial charge in [0.05, 0.1) is 0 Å². The van der Waals surface area contributed by atoms with Gasteiger partial charge in [0.1, 0.15) is 11.5 Å². The van der Waals surface area contributed by atoms with Crippen molar-refractivity contribution in [3.63, 3.8) is 0 Å². The molecule has 2 rings (SSSR count). The Morgan fingerprint density at radius 2 is 2.06 bits per heavy atom. The summed E-state index contributed by atoms with van der Waals surface area (Å²) in [7, 11) is 1.88. The Kier molecular flexibility index (Phi) is 3.60. The highest BCUT2D eigenvalue weighted by Crippen LogP contribution is 2.21. The van der Waals surface area contributed by atoms with Crippen molar-refractivity contribution in [2.24, 2.45) is 0 Å². The highest BCUT2D eigenvalue weighted by atomic mass is 15.3. The number of aromatic nitrogens is 4. The molecule has 0 aliphatic heterocycles. The molecule has 0 spiro atoms. The van der Waals surface area contributed by atoms with Crippen LogP contribution in [-0.2, 0) is 6.54 Å². The summed E-state index contributed by atoms with van der Waals surface area (Å²) in [6.45, 7) is 7.04. The smallest absolute Gasteiger partial charge is 0.180 e. The Bertz CT molecular complexity index is 544. The third kappa shape index (κ3) is 2.20. The molecule has 0 bridgehead atoms. The van der Waals surface area contributed by atoms with Crippen LogP contribution in [0.25, 0.3) is 11.5 Å². The lowest BCUT2D eigenvalue weighted by molar-refractivity contribution is 0.606. The number of aryl methyl sites for hydroxylation is 2. The molecule has 0 saturated carbocycles. The Labute approximate surface area is 107 Å². The van der Waals surface area contributed by atoms with E-state index in [1.54, 1.807) is 6.20 Å².